The number of nitrogens with one attached hydrogen (secondary N) is 2. The third-order valence-electron chi connectivity index (χ3n) is 4.48. The zero-order valence-electron chi connectivity index (χ0n) is 11.9. The molecule has 4 nitrogen and oxygen atoms in total. The van der Waals surface area contributed by atoms with Gasteiger partial charge in [0.15, 0.2) is 0 Å². The summed E-state index contributed by atoms with van der Waals surface area (Å²) in [7, 11) is 0. The molecule has 0 spiro atoms. The van der Waals surface area contributed by atoms with E-state index in [2.05, 4.69) is 15.3 Å². The minimum atomic E-state index is 0.0876. The van der Waals surface area contributed by atoms with Gasteiger partial charge in [0.1, 0.15) is 5.82 Å². The molecule has 1 fully saturated rings. The van der Waals surface area contributed by atoms with Crippen molar-refractivity contribution >= 4 is 11.0 Å². The van der Waals surface area contributed by atoms with Gasteiger partial charge in [-0.15, -0.1) is 0 Å². The maximum Gasteiger partial charge on any atom is 0.121 e. The quantitative estimate of drug-likeness (QED) is 0.784. The summed E-state index contributed by atoms with van der Waals surface area (Å²) >= 11 is 0. The average Bonchev–Trinajstić information content (AvgIpc) is 2.91. The van der Waals surface area contributed by atoms with Crippen molar-refractivity contribution in [2.45, 2.75) is 38.6 Å². The normalized spacial score (nSPS) is 18.4. The molecule has 1 heterocycles. The Morgan fingerprint density at radius 1 is 1.20 bits per heavy atom. The van der Waals surface area contributed by atoms with Gasteiger partial charge in [-0.3, -0.25) is 0 Å². The monoisotopic (exact) mass is 273 g/mol. The molecule has 1 aliphatic rings. The Morgan fingerprint density at radius 3 is 2.75 bits per heavy atom. The van der Waals surface area contributed by atoms with Crippen LogP contribution in [0.3, 0.4) is 0 Å². The molecule has 2 aromatic rings. The number of nitrogens with zero attached hydrogens (tertiary/aromatic N) is 1. The Kier molecular flexibility index (Phi) is 4.03. The van der Waals surface area contributed by atoms with Crippen LogP contribution in [0.5, 0.6) is 0 Å². The van der Waals surface area contributed by atoms with E-state index < -0.39 is 0 Å². The molecule has 0 amide bonds. The summed E-state index contributed by atoms with van der Waals surface area (Å²) < 4.78 is 0. The van der Waals surface area contributed by atoms with Crippen LogP contribution in [0.1, 0.15) is 37.9 Å². The standard InChI is InChI=1S/C16H23N3O/c20-12-16(8-4-1-5-9-16)11-17-10-15-18-13-6-2-3-7-14(13)19-15/h2-3,6-7,17,20H,1,4-5,8-12H2,(H,18,19). The molecule has 108 valence electrons. The molecule has 1 aromatic carbocycles. The number of aliphatic hydroxyl groups excluding tert-OH is 1. The van der Waals surface area contributed by atoms with E-state index in [0.717, 1.165) is 42.8 Å². The summed E-state index contributed by atoms with van der Waals surface area (Å²) in [6, 6.07) is 8.08. The number of benzene rings is 1. The first-order chi connectivity index (χ1) is 9.81. The Balaban J connectivity index is 1.58. The number of aliphatic hydroxyl groups is 1. The molecule has 3 N–H and O–H groups in total. The molecule has 1 saturated carbocycles. The van der Waals surface area contributed by atoms with Crippen molar-refractivity contribution in [3.05, 3.63) is 30.1 Å². The van der Waals surface area contributed by atoms with Gasteiger partial charge in [0.2, 0.25) is 0 Å². The Hall–Kier alpha value is -1.39. The molecule has 0 aliphatic heterocycles. The highest BCUT2D eigenvalue weighted by Crippen LogP contribution is 2.35. The van der Waals surface area contributed by atoms with Gasteiger partial charge in [-0.2, -0.15) is 0 Å². The molecule has 4 heteroatoms. The smallest absolute Gasteiger partial charge is 0.121 e. The molecular formula is C16H23N3O. The molecule has 0 radical (unpaired) electrons. The van der Waals surface area contributed by atoms with Crippen molar-refractivity contribution in [2.75, 3.05) is 13.2 Å². The fraction of sp³-hybridized carbons (Fsp3) is 0.562. The van der Waals surface area contributed by atoms with Crippen LogP contribution < -0.4 is 5.32 Å². The lowest BCUT2D eigenvalue weighted by atomic mass is 9.74. The highest BCUT2D eigenvalue weighted by atomic mass is 16.3. The highest BCUT2D eigenvalue weighted by Gasteiger charge is 2.30. The zero-order valence-corrected chi connectivity index (χ0v) is 11.9. The SMILES string of the molecule is OCC1(CNCc2nc3ccccc3[nH]2)CCCCC1. The fourth-order valence-corrected chi connectivity index (χ4v) is 3.23. The number of para-hydroxylation sites is 2. The molecule has 0 atom stereocenters. The number of H-pyrrole nitrogens is 1. The minimum Gasteiger partial charge on any atom is -0.396 e. The summed E-state index contributed by atoms with van der Waals surface area (Å²) in [5, 5.41) is 13.2. The van der Waals surface area contributed by atoms with E-state index in [1.165, 1.54) is 19.3 Å². The van der Waals surface area contributed by atoms with Crippen LogP contribution in [0.2, 0.25) is 0 Å². The Morgan fingerprint density at radius 2 is 2.00 bits per heavy atom. The summed E-state index contributed by atoms with van der Waals surface area (Å²) in [5.41, 5.74) is 2.18. The van der Waals surface area contributed by atoms with E-state index in [-0.39, 0.29) is 5.41 Å². The van der Waals surface area contributed by atoms with Gasteiger partial charge in [-0.05, 0) is 25.0 Å². The fourth-order valence-electron chi connectivity index (χ4n) is 3.23. The number of fused-ring (bicyclic) bond motifs is 1. The van der Waals surface area contributed by atoms with Crippen molar-refractivity contribution in [1.29, 1.82) is 0 Å². The predicted molar refractivity (Wildman–Crippen MR) is 80.4 cm³/mol. The van der Waals surface area contributed by atoms with Crippen LogP contribution in [0, 0.1) is 5.41 Å². The lowest BCUT2D eigenvalue weighted by Gasteiger charge is -2.35. The minimum absolute atomic E-state index is 0.0876. The molecule has 1 aromatic heterocycles. The van der Waals surface area contributed by atoms with E-state index in [1.807, 2.05) is 24.3 Å². The van der Waals surface area contributed by atoms with Gasteiger partial charge in [-0.1, -0.05) is 31.4 Å². The third kappa shape index (κ3) is 2.86. The van der Waals surface area contributed by atoms with Crippen molar-refractivity contribution in [3.8, 4) is 0 Å². The van der Waals surface area contributed by atoms with E-state index in [9.17, 15) is 5.11 Å². The second-order valence-electron chi connectivity index (χ2n) is 6.02. The van der Waals surface area contributed by atoms with Crippen LogP contribution in [-0.2, 0) is 6.54 Å². The number of aromatic nitrogens is 2. The topological polar surface area (TPSA) is 60.9 Å². The van der Waals surface area contributed by atoms with Gasteiger partial charge in [-0.25, -0.2) is 4.98 Å². The van der Waals surface area contributed by atoms with Gasteiger partial charge in [0, 0.05) is 18.6 Å². The lowest BCUT2D eigenvalue weighted by Crippen LogP contribution is -2.39. The van der Waals surface area contributed by atoms with Crippen LogP contribution in [0.15, 0.2) is 24.3 Å². The van der Waals surface area contributed by atoms with Crippen molar-refractivity contribution < 1.29 is 5.11 Å². The zero-order chi connectivity index (χ0) is 13.8. The van der Waals surface area contributed by atoms with Crippen LogP contribution in [0.25, 0.3) is 11.0 Å². The van der Waals surface area contributed by atoms with Gasteiger partial charge in [0.25, 0.3) is 0 Å². The molecule has 0 bridgehead atoms. The number of imidazole rings is 1. The molecule has 20 heavy (non-hydrogen) atoms. The molecule has 0 saturated heterocycles. The van der Waals surface area contributed by atoms with E-state index >= 15 is 0 Å². The van der Waals surface area contributed by atoms with Gasteiger partial charge >= 0.3 is 0 Å². The lowest BCUT2D eigenvalue weighted by molar-refractivity contribution is 0.0809. The first-order valence-electron chi connectivity index (χ1n) is 7.57. The summed E-state index contributed by atoms with van der Waals surface area (Å²) in [5.74, 6) is 0.968. The maximum absolute atomic E-state index is 9.69. The summed E-state index contributed by atoms with van der Waals surface area (Å²) in [6.45, 7) is 1.90. The molecule has 3 rings (SSSR count). The molecule has 0 unspecified atom stereocenters. The van der Waals surface area contributed by atoms with E-state index in [0.29, 0.717) is 6.61 Å². The van der Waals surface area contributed by atoms with Crippen LogP contribution in [-0.4, -0.2) is 28.2 Å². The third-order valence-corrected chi connectivity index (χ3v) is 4.48. The van der Waals surface area contributed by atoms with E-state index in [1.54, 1.807) is 0 Å². The highest BCUT2D eigenvalue weighted by molar-refractivity contribution is 5.74. The largest absolute Gasteiger partial charge is 0.396 e. The second-order valence-corrected chi connectivity index (χ2v) is 6.02. The first-order valence-corrected chi connectivity index (χ1v) is 7.57. The second kappa shape index (κ2) is 5.94. The average molecular weight is 273 g/mol. The van der Waals surface area contributed by atoms with Gasteiger partial charge in [0.05, 0.1) is 17.6 Å². The van der Waals surface area contributed by atoms with Crippen molar-refractivity contribution in [2.24, 2.45) is 5.41 Å². The number of aromatic amines is 1. The Labute approximate surface area is 119 Å². The van der Waals surface area contributed by atoms with Crippen LogP contribution in [0.4, 0.5) is 0 Å². The predicted octanol–water partition coefficient (Wildman–Crippen LogP) is 2.60. The van der Waals surface area contributed by atoms with Crippen molar-refractivity contribution in [1.82, 2.24) is 15.3 Å². The Bertz CT molecular complexity index is 525. The maximum atomic E-state index is 9.69. The molecule has 1 aliphatic carbocycles. The first kappa shape index (κ1) is 13.6. The van der Waals surface area contributed by atoms with Crippen molar-refractivity contribution in [3.63, 3.8) is 0 Å². The number of hydrogen-bond donors (Lipinski definition) is 3. The summed E-state index contributed by atoms with van der Waals surface area (Å²) in [4.78, 5) is 7.89. The number of rotatable bonds is 5. The number of hydrogen-bond acceptors (Lipinski definition) is 3. The van der Waals surface area contributed by atoms with E-state index in [4.69, 9.17) is 0 Å². The summed E-state index contributed by atoms with van der Waals surface area (Å²) in [6.07, 6.45) is 6.07. The van der Waals surface area contributed by atoms with Gasteiger partial charge < -0.3 is 15.4 Å². The van der Waals surface area contributed by atoms with Crippen LogP contribution >= 0.6 is 0 Å². The molecular weight excluding hydrogens is 250 g/mol.